The van der Waals surface area contributed by atoms with E-state index in [4.69, 9.17) is 4.74 Å². The molecule has 1 aliphatic rings. The number of aliphatic hydroxyl groups is 1. The quantitative estimate of drug-likeness (QED) is 0.703. The fourth-order valence-corrected chi connectivity index (χ4v) is 2.15. The largest absolute Gasteiger partial charge is 0.464 e. The standard InChI is InChI=1S/C11H20O3/c1-4-11(13,10(12)14-5-2)9-6-8(3)7-9/h8-9,13H,4-7H2,1-3H3. The van der Waals surface area contributed by atoms with Gasteiger partial charge in [-0.1, -0.05) is 13.8 Å². The predicted molar refractivity (Wildman–Crippen MR) is 53.8 cm³/mol. The van der Waals surface area contributed by atoms with Gasteiger partial charge in [0.2, 0.25) is 0 Å². The van der Waals surface area contributed by atoms with E-state index in [1.807, 2.05) is 6.92 Å². The van der Waals surface area contributed by atoms with Gasteiger partial charge in [0.1, 0.15) is 0 Å². The molecule has 0 aliphatic heterocycles. The summed E-state index contributed by atoms with van der Waals surface area (Å²) in [5.74, 6) is 0.286. The summed E-state index contributed by atoms with van der Waals surface area (Å²) in [6, 6.07) is 0. The van der Waals surface area contributed by atoms with E-state index in [0.717, 1.165) is 12.8 Å². The van der Waals surface area contributed by atoms with E-state index in [9.17, 15) is 9.90 Å². The van der Waals surface area contributed by atoms with E-state index in [-0.39, 0.29) is 5.92 Å². The van der Waals surface area contributed by atoms with Gasteiger partial charge in [0.25, 0.3) is 0 Å². The number of rotatable bonds is 4. The molecular weight excluding hydrogens is 180 g/mol. The first-order chi connectivity index (χ1) is 6.54. The second kappa shape index (κ2) is 4.30. The van der Waals surface area contributed by atoms with E-state index < -0.39 is 11.6 Å². The van der Waals surface area contributed by atoms with Gasteiger partial charge in [-0.2, -0.15) is 0 Å². The van der Waals surface area contributed by atoms with Crippen LogP contribution < -0.4 is 0 Å². The van der Waals surface area contributed by atoms with Gasteiger partial charge in [-0.05, 0) is 38.0 Å². The van der Waals surface area contributed by atoms with Crippen molar-refractivity contribution in [3.8, 4) is 0 Å². The molecule has 1 aliphatic carbocycles. The van der Waals surface area contributed by atoms with Gasteiger partial charge in [-0.25, -0.2) is 4.79 Å². The average molecular weight is 200 g/mol. The molecule has 0 spiro atoms. The van der Waals surface area contributed by atoms with Crippen LogP contribution in [0, 0.1) is 11.8 Å². The monoisotopic (exact) mass is 200 g/mol. The zero-order valence-electron chi connectivity index (χ0n) is 9.25. The number of carbonyl (C=O) groups is 1. The number of carbonyl (C=O) groups excluding carboxylic acids is 1. The maximum Gasteiger partial charge on any atom is 0.338 e. The smallest absolute Gasteiger partial charge is 0.338 e. The zero-order chi connectivity index (χ0) is 10.8. The lowest BCUT2D eigenvalue weighted by Crippen LogP contribution is -2.51. The van der Waals surface area contributed by atoms with E-state index >= 15 is 0 Å². The molecule has 1 atom stereocenters. The normalized spacial score (nSPS) is 30.3. The lowest BCUT2D eigenvalue weighted by Gasteiger charge is -2.42. The topological polar surface area (TPSA) is 46.5 Å². The Balaban J connectivity index is 2.61. The molecule has 1 saturated carbocycles. The van der Waals surface area contributed by atoms with Crippen LogP contribution in [0.3, 0.4) is 0 Å². The van der Waals surface area contributed by atoms with Crippen LogP contribution >= 0.6 is 0 Å². The van der Waals surface area contributed by atoms with Crippen molar-refractivity contribution in [2.75, 3.05) is 6.61 Å². The van der Waals surface area contributed by atoms with Crippen molar-refractivity contribution in [3.05, 3.63) is 0 Å². The van der Waals surface area contributed by atoms with Gasteiger partial charge in [-0.3, -0.25) is 0 Å². The van der Waals surface area contributed by atoms with Crippen LogP contribution in [-0.2, 0) is 9.53 Å². The first-order valence-corrected chi connectivity index (χ1v) is 5.44. The molecule has 1 N–H and O–H groups in total. The lowest BCUT2D eigenvalue weighted by atomic mass is 9.66. The summed E-state index contributed by atoms with van der Waals surface area (Å²) in [5.41, 5.74) is -1.23. The van der Waals surface area contributed by atoms with E-state index in [0.29, 0.717) is 18.9 Å². The molecule has 0 bridgehead atoms. The zero-order valence-corrected chi connectivity index (χ0v) is 9.25. The minimum Gasteiger partial charge on any atom is -0.464 e. The molecule has 1 fully saturated rings. The molecule has 0 radical (unpaired) electrons. The van der Waals surface area contributed by atoms with Gasteiger partial charge in [-0.15, -0.1) is 0 Å². The fourth-order valence-electron chi connectivity index (χ4n) is 2.15. The summed E-state index contributed by atoms with van der Waals surface area (Å²) < 4.78 is 4.90. The van der Waals surface area contributed by atoms with Crippen molar-refractivity contribution >= 4 is 5.97 Å². The molecule has 1 rings (SSSR count). The maximum atomic E-state index is 11.6. The predicted octanol–water partition coefficient (Wildman–Crippen LogP) is 1.74. The third-order valence-electron chi connectivity index (χ3n) is 3.22. The SMILES string of the molecule is CCOC(=O)C(O)(CC)C1CC(C)C1. The van der Waals surface area contributed by atoms with Crippen molar-refractivity contribution in [1.82, 2.24) is 0 Å². The number of ether oxygens (including phenoxy) is 1. The Morgan fingerprint density at radius 3 is 2.43 bits per heavy atom. The molecule has 82 valence electrons. The number of hydrogen-bond donors (Lipinski definition) is 1. The van der Waals surface area contributed by atoms with Crippen molar-refractivity contribution in [2.24, 2.45) is 11.8 Å². The third-order valence-corrected chi connectivity index (χ3v) is 3.22. The summed E-state index contributed by atoms with van der Waals surface area (Å²) >= 11 is 0. The Labute approximate surface area is 85.5 Å². The molecule has 14 heavy (non-hydrogen) atoms. The maximum absolute atomic E-state index is 11.6. The minimum atomic E-state index is -1.23. The van der Waals surface area contributed by atoms with Crippen LogP contribution in [0.25, 0.3) is 0 Å². The van der Waals surface area contributed by atoms with Gasteiger partial charge < -0.3 is 9.84 Å². The van der Waals surface area contributed by atoms with Crippen molar-refractivity contribution in [3.63, 3.8) is 0 Å². The molecule has 0 aromatic rings. The molecular formula is C11H20O3. The van der Waals surface area contributed by atoms with Gasteiger partial charge in [0.15, 0.2) is 5.60 Å². The second-order valence-corrected chi connectivity index (χ2v) is 4.27. The summed E-state index contributed by atoms with van der Waals surface area (Å²) in [5, 5.41) is 10.2. The van der Waals surface area contributed by atoms with Gasteiger partial charge in [0.05, 0.1) is 6.61 Å². The Kier molecular flexibility index (Phi) is 3.53. The summed E-state index contributed by atoms with van der Waals surface area (Å²) in [7, 11) is 0. The van der Waals surface area contributed by atoms with Gasteiger partial charge >= 0.3 is 5.97 Å². The van der Waals surface area contributed by atoms with Crippen LogP contribution in [0.5, 0.6) is 0 Å². The number of hydrogen-bond acceptors (Lipinski definition) is 3. The lowest BCUT2D eigenvalue weighted by molar-refractivity contribution is -0.178. The molecule has 0 aromatic heterocycles. The highest BCUT2D eigenvalue weighted by molar-refractivity contribution is 5.79. The van der Waals surface area contributed by atoms with Crippen LogP contribution in [0.4, 0.5) is 0 Å². The van der Waals surface area contributed by atoms with Crippen LogP contribution in [0.15, 0.2) is 0 Å². The molecule has 0 aromatic carbocycles. The minimum absolute atomic E-state index is 0.0987. The van der Waals surface area contributed by atoms with E-state index in [1.54, 1.807) is 6.92 Å². The van der Waals surface area contributed by atoms with Crippen molar-refractivity contribution < 1.29 is 14.6 Å². The average Bonchev–Trinajstić information content (AvgIpc) is 2.12. The molecule has 3 heteroatoms. The number of esters is 1. The van der Waals surface area contributed by atoms with Crippen molar-refractivity contribution in [2.45, 2.75) is 45.6 Å². The van der Waals surface area contributed by atoms with E-state index in [2.05, 4.69) is 6.92 Å². The van der Waals surface area contributed by atoms with Crippen LogP contribution in [0.2, 0.25) is 0 Å². The first-order valence-electron chi connectivity index (χ1n) is 5.44. The van der Waals surface area contributed by atoms with Crippen LogP contribution in [0.1, 0.15) is 40.0 Å². The summed E-state index contributed by atoms with van der Waals surface area (Å²) in [4.78, 5) is 11.6. The molecule has 0 saturated heterocycles. The highest BCUT2D eigenvalue weighted by atomic mass is 16.5. The Bertz CT molecular complexity index is 209. The Morgan fingerprint density at radius 1 is 1.50 bits per heavy atom. The summed E-state index contributed by atoms with van der Waals surface area (Å²) in [6.45, 7) is 6.07. The van der Waals surface area contributed by atoms with Crippen molar-refractivity contribution in [1.29, 1.82) is 0 Å². The first kappa shape index (κ1) is 11.5. The highest BCUT2D eigenvalue weighted by Crippen LogP contribution is 2.42. The third kappa shape index (κ3) is 1.92. The Morgan fingerprint density at radius 2 is 2.07 bits per heavy atom. The summed E-state index contributed by atoms with van der Waals surface area (Å²) in [6.07, 6.45) is 2.32. The molecule has 1 unspecified atom stereocenters. The van der Waals surface area contributed by atoms with Gasteiger partial charge in [0, 0.05) is 0 Å². The second-order valence-electron chi connectivity index (χ2n) is 4.27. The van der Waals surface area contributed by atoms with Crippen LogP contribution in [-0.4, -0.2) is 23.3 Å². The Hall–Kier alpha value is -0.570. The highest BCUT2D eigenvalue weighted by Gasteiger charge is 2.48. The van der Waals surface area contributed by atoms with E-state index in [1.165, 1.54) is 0 Å². The fraction of sp³-hybridized carbons (Fsp3) is 0.909. The molecule has 0 heterocycles. The molecule has 0 amide bonds. The molecule has 3 nitrogen and oxygen atoms in total.